The molecular formula is C31H29N7O14S2. The highest BCUT2D eigenvalue weighted by Crippen LogP contribution is 2.41. The monoisotopic (exact) mass is 787 g/mol. The van der Waals surface area contributed by atoms with E-state index in [2.05, 4.69) is 20.9 Å². The number of amides is 6. The lowest BCUT2D eigenvalue weighted by Crippen LogP contribution is -2.71. The fourth-order valence-electron chi connectivity index (χ4n) is 5.78. The summed E-state index contributed by atoms with van der Waals surface area (Å²) in [7, 11) is 2.44. The van der Waals surface area contributed by atoms with Crippen molar-refractivity contribution in [1.82, 2.24) is 25.8 Å². The van der Waals surface area contributed by atoms with Gasteiger partial charge >= 0.3 is 12.1 Å². The Labute approximate surface area is 311 Å². The molecule has 2 aromatic rings. The van der Waals surface area contributed by atoms with Crippen LogP contribution < -0.4 is 16.0 Å². The number of rotatable bonds is 13. The van der Waals surface area contributed by atoms with E-state index in [1.165, 1.54) is 51.0 Å². The number of carbonyl (C=O) groups excluding carboxylic acids is 6. The molecule has 2 saturated heterocycles. The molecule has 0 spiro atoms. The van der Waals surface area contributed by atoms with Gasteiger partial charge in [0.2, 0.25) is 11.4 Å². The number of ether oxygens (including phenoxy) is 1. The van der Waals surface area contributed by atoms with E-state index in [-0.39, 0.29) is 51.3 Å². The van der Waals surface area contributed by atoms with Crippen molar-refractivity contribution < 1.29 is 67.0 Å². The zero-order valence-electron chi connectivity index (χ0n) is 28.0. The molecule has 0 aromatic carbocycles. The summed E-state index contributed by atoms with van der Waals surface area (Å²) >= 11 is 2.24. The van der Waals surface area contributed by atoms with Gasteiger partial charge in [0.05, 0.1) is 19.1 Å². The summed E-state index contributed by atoms with van der Waals surface area (Å²) in [5.41, 5.74) is -1.14. The highest BCUT2D eigenvalue weighted by atomic mass is 32.2. The number of carboxylic acid groups (broad SMARTS) is 1. The van der Waals surface area contributed by atoms with E-state index in [0.29, 0.717) is 0 Å². The van der Waals surface area contributed by atoms with Crippen molar-refractivity contribution in [3.8, 4) is 0 Å². The minimum atomic E-state index is -1.50. The summed E-state index contributed by atoms with van der Waals surface area (Å²) in [5.74, 6) is -5.50. The Bertz CT molecular complexity index is 2010. The topological polar surface area (TPSA) is 281 Å². The Morgan fingerprint density at radius 1 is 0.833 bits per heavy atom. The van der Waals surface area contributed by atoms with Crippen molar-refractivity contribution in [3.05, 3.63) is 70.9 Å². The van der Waals surface area contributed by atoms with Gasteiger partial charge in [0.1, 0.15) is 55.1 Å². The lowest BCUT2D eigenvalue weighted by molar-refractivity contribution is -0.150. The maximum Gasteiger partial charge on any atom is 0.414 e. The molecule has 4 aliphatic heterocycles. The molecule has 284 valence electrons. The van der Waals surface area contributed by atoms with E-state index in [9.17, 15) is 43.8 Å². The molecule has 0 bridgehead atoms. The first-order valence-electron chi connectivity index (χ1n) is 15.6. The highest BCUT2D eigenvalue weighted by Gasteiger charge is 2.56. The van der Waals surface area contributed by atoms with E-state index in [1.54, 1.807) is 0 Å². The number of oxime groups is 2. The van der Waals surface area contributed by atoms with Crippen LogP contribution in [0.25, 0.3) is 0 Å². The zero-order valence-corrected chi connectivity index (χ0v) is 29.6. The van der Waals surface area contributed by atoms with Crippen LogP contribution in [0, 0.1) is 0 Å². The highest BCUT2D eigenvalue weighted by molar-refractivity contribution is 8.00. The number of alkyl carbamates (subject to hydrolysis) is 1. The second kappa shape index (κ2) is 15.9. The average molecular weight is 788 g/mol. The Balaban J connectivity index is 1.08. The van der Waals surface area contributed by atoms with Gasteiger partial charge in [0.25, 0.3) is 29.5 Å². The molecule has 23 heteroatoms. The number of hydrogen-bond acceptors (Lipinski definition) is 17. The van der Waals surface area contributed by atoms with Crippen molar-refractivity contribution in [1.29, 1.82) is 0 Å². The molecule has 0 saturated carbocycles. The number of hydrogen-bond donors (Lipinski definition) is 5. The third kappa shape index (κ3) is 7.02. The van der Waals surface area contributed by atoms with Crippen molar-refractivity contribution >= 4 is 76.5 Å². The molecule has 4 atom stereocenters. The van der Waals surface area contributed by atoms with Gasteiger partial charge in [-0.15, -0.1) is 23.5 Å². The van der Waals surface area contributed by atoms with Crippen LogP contribution in [0.4, 0.5) is 4.79 Å². The number of aliphatic hydroxyl groups excluding tert-OH is 1. The molecule has 6 amide bonds. The average Bonchev–Trinajstić information content (AvgIpc) is 3.90. The van der Waals surface area contributed by atoms with Gasteiger partial charge in [-0.1, -0.05) is 10.3 Å². The molecule has 4 aliphatic rings. The second-order valence-electron chi connectivity index (χ2n) is 11.3. The van der Waals surface area contributed by atoms with Gasteiger partial charge < -0.3 is 44.1 Å². The second-order valence-corrected chi connectivity index (χ2v) is 13.5. The lowest BCUT2D eigenvalue weighted by atomic mass is 10.0. The van der Waals surface area contributed by atoms with Gasteiger partial charge in [-0.05, 0) is 29.8 Å². The number of β-lactam (4-membered cyclic amide) rings is 2. The number of fused-ring (bicyclic) bond motifs is 2. The predicted molar refractivity (Wildman–Crippen MR) is 183 cm³/mol. The molecule has 54 heavy (non-hydrogen) atoms. The summed E-state index contributed by atoms with van der Waals surface area (Å²) in [6, 6.07) is 3.72. The summed E-state index contributed by atoms with van der Waals surface area (Å²) in [4.78, 5) is 102. The van der Waals surface area contributed by atoms with E-state index in [4.69, 9.17) is 23.2 Å². The van der Waals surface area contributed by atoms with Gasteiger partial charge in [-0.25, -0.2) is 9.59 Å². The number of carbonyl (C=O) groups is 7. The first-order valence-corrected chi connectivity index (χ1v) is 17.7. The normalized spacial score (nSPS) is 22.4. The van der Waals surface area contributed by atoms with Crippen LogP contribution in [0.5, 0.6) is 0 Å². The molecule has 2 unspecified atom stereocenters. The SMILES string of the molecule is CO/N=C(\C(=O)N[C@@H]1C(=O)N2C(C(=O)O)=C(COC(=O)NC(=O)C3=C(CO)CSC4[C@H](NC(=O)/C(=N\OC)c5ccco5)C(=O)N34)CSC12)c1ccco1. The minimum absolute atomic E-state index is 0.0218. The fraction of sp³-hybridized carbons (Fsp3) is 0.323. The van der Waals surface area contributed by atoms with E-state index >= 15 is 0 Å². The maximum atomic E-state index is 13.3. The summed E-state index contributed by atoms with van der Waals surface area (Å²) in [6.45, 7) is -1.28. The number of nitrogens with one attached hydrogen (secondary N) is 3. The van der Waals surface area contributed by atoms with Crippen LogP contribution in [0.15, 0.2) is 78.5 Å². The molecule has 6 rings (SSSR count). The van der Waals surface area contributed by atoms with Crippen LogP contribution in [0.3, 0.4) is 0 Å². The zero-order chi connectivity index (χ0) is 38.7. The molecule has 2 aromatic heterocycles. The van der Waals surface area contributed by atoms with Crippen molar-refractivity contribution in [2.45, 2.75) is 22.8 Å². The summed E-state index contributed by atoms with van der Waals surface area (Å²) in [5, 5.41) is 32.6. The van der Waals surface area contributed by atoms with Crippen LogP contribution in [-0.2, 0) is 43.2 Å². The first-order chi connectivity index (χ1) is 26.0. The number of furan rings is 2. The fourth-order valence-corrected chi connectivity index (χ4v) is 8.44. The number of carboxylic acids is 1. The molecule has 0 radical (unpaired) electrons. The van der Waals surface area contributed by atoms with Gasteiger partial charge in [0.15, 0.2) is 11.5 Å². The van der Waals surface area contributed by atoms with Crippen molar-refractivity contribution in [2.75, 3.05) is 38.9 Å². The van der Waals surface area contributed by atoms with Crippen LogP contribution in [-0.4, -0.2) is 135 Å². The molecule has 21 nitrogen and oxygen atoms in total. The lowest BCUT2D eigenvalue weighted by Gasteiger charge is -2.49. The standard InChI is InChI=1S/C31H29N7O14S2/c1-48-35-17(15-5-3-7-50-15)23(40)32-19-26(43)37-21(13(9-39)11-53-28(19)37)25(42)34-31(47)52-10-14-12-54-29-20(27(44)38(29)22(14)30(45)46)33-24(41)18(36-49-2)16-6-4-8-51-16/h3-8,19-20,28-29,39H,9-12H2,1-2H3,(H,32,40)(H,33,41)(H,45,46)(H,34,42,47)/b35-17-,36-18-/t19-,20-,28?,29?/m1/s1. The van der Waals surface area contributed by atoms with E-state index in [1.807, 2.05) is 5.32 Å². The summed E-state index contributed by atoms with van der Waals surface area (Å²) < 4.78 is 15.6. The van der Waals surface area contributed by atoms with Crippen LogP contribution in [0.1, 0.15) is 11.5 Å². The summed E-state index contributed by atoms with van der Waals surface area (Å²) in [6.07, 6.45) is 1.31. The molecule has 6 heterocycles. The molecular weight excluding hydrogens is 759 g/mol. The van der Waals surface area contributed by atoms with Crippen molar-refractivity contribution in [2.24, 2.45) is 10.3 Å². The maximum absolute atomic E-state index is 13.3. The Hall–Kier alpha value is -6.07. The van der Waals surface area contributed by atoms with Crippen molar-refractivity contribution in [3.63, 3.8) is 0 Å². The van der Waals surface area contributed by atoms with Gasteiger partial charge in [-0.3, -0.25) is 39.1 Å². The quantitative estimate of drug-likeness (QED) is 0.0916. The smallest absolute Gasteiger partial charge is 0.414 e. The number of nitrogens with zero attached hydrogens (tertiary/aromatic N) is 4. The third-order valence-corrected chi connectivity index (χ3v) is 10.9. The largest absolute Gasteiger partial charge is 0.477 e. The molecule has 2 fully saturated rings. The minimum Gasteiger partial charge on any atom is -0.477 e. The Morgan fingerprint density at radius 2 is 1.33 bits per heavy atom. The number of imide groups is 1. The Kier molecular flexibility index (Phi) is 11.1. The third-order valence-electron chi connectivity index (χ3n) is 8.17. The van der Waals surface area contributed by atoms with E-state index < -0.39 is 83.3 Å². The predicted octanol–water partition coefficient (Wildman–Crippen LogP) is -1.09. The number of aliphatic hydroxyl groups is 1. The van der Waals surface area contributed by atoms with Crippen LogP contribution >= 0.6 is 23.5 Å². The number of thioether (sulfide) groups is 2. The van der Waals surface area contributed by atoms with Gasteiger partial charge in [-0.2, -0.15) is 0 Å². The first kappa shape index (κ1) is 37.7. The van der Waals surface area contributed by atoms with Crippen LogP contribution in [0.2, 0.25) is 0 Å². The Morgan fingerprint density at radius 3 is 1.78 bits per heavy atom. The number of aliphatic carboxylic acids is 1. The molecule has 0 aliphatic carbocycles. The molecule has 5 N–H and O–H groups in total. The van der Waals surface area contributed by atoms with Gasteiger partial charge in [0, 0.05) is 17.1 Å². The van der Waals surface area contributed by atoms with E-state index in [0.717, 1.165) is 33.3 Å².